The Hall–Kier alpha value is -1.72. The minimum Gasteiger partial charge on any atom is -0.396 e. The fourth-order valence-electron chi connectivity index (χ4n) is 3.61. The van der Waals surface area contributed by atoms with Crippen LogP contribution in [0.2, 0.25) is 0 Å². The highest BCUT2D eigenvalue weighted by Crippen LogP contribution is 2.42. The lowest BCUT2D eigenvalue weighted by Crippen LogP contribution is -2.19. The van der Waals surface area contributed by atoms with Crippen molar-refractivity contribution < 1.29 is 23.3 Å². The molecule has 0 aromatic heterocycles. The Balaban J connectivity index is 2.32. The minimum absolute atomic E-state index is 0.179. The lowest BCUT2D eigenvalue weighted by Gasteiger charge is -2.32. The van der Waals surface area contributed by atoms with Gasteiger partial charge in [-0.2, -0.15) is 0 Å². The Labute approximate surface area is 200 Å². The molecule has 7 heteroatoms. The van der Waals surface area contributed by atoms with Crippen LogP contribution in [0.3, 0.4) is 0 Å². The van der Waals surface area contributed by atoms with Crippen LogP contribution >= 0.6 is 7.82 Å². The summed E-state index contributed by atoms with van der Waals surface area (Å²) in [4.78, 5) is 14.3. The molecule has 1 atom stereocenters. The Morgan fingerprint density at radius 2 is 1.82 bits per heavy atom. The van der Waals surface area contributed by atoms with E-state index >= 15 is 0 Å². The molecule has 0 aromatic carbocycles. The van der Waals surface area contributed by atoms with Gasteiger partial charge in [-0.15, -0.1) is 0 Å². The second kappa shape index (κ2) is 15.2. The van der Waals surface area contributed by atoms with Crippen LogP contribution in [0.1, 0.15) is 73.1 Å². The first-order valence-corrected chi connectivity index (χ1v) is 13.2. The lowest BCUT2D eigenvalue weighted by atomic mass is 9.72. The number of phosphoric ester groups is 1. The van der Waals surface area contributed by atoms with Crippen molar-refractivity contribution in [2.45, 2.75) is 73.1 Å². The average Bonchev–Trinajstić information content (AvgIpc) is 2.74. The van der Waals surface area contributed by atoms with Crippen LogP contribution in [0, 0.1) is 5.41 Å². The number of rotatable bonds is 14. The van der Waals surface area contributed by atoms with Crippen LogP contribution in [0.5, 0.6) is 0 Å². The van der Waals surface area contributed by atoms with E-state index < -0.39 is 7.82 Å². The fourth-order valence-corrected chi connectivity index (χ4v) is 4.07. The van der Waals surface area contributed by atoms with Crippen LogP contribution in [0.25, 0.3) is 0 Å². The maximum Gasteiger partial charge on any atom is 0.471 e. The first-order chi connectivity index (χ1) is 15.6. The Bertz CT molecular complexity index is 834. The molecule has 6 nitrogen and oxygen atoms in total. The van der Waals surface area contributed by atoms with Crippen LogP contribution in [0.4, 0.5) is 0 Å². The van der Waals surface area contributed by atoms with Gasteiger partial charge in [-0.25, -0.2) is 4.57 Å². The van der Waals surface area contributed by atoms with Gasteiger partial charge in [0.05, 0.1) is 12.8 Å². The molecule has 33 heavy (non-hydrogen) atoms. The summed E-state index contributed by atoms with van der Waals surface area (Å²) in [7, 11) is -2.71. The molecule has 0 saturated carbocycles. The molecule has 0 bridgehead atoms. The second-order valence-electron chi connectivity index (χ2n) is 9.08. The van der Waals surface area contributed by atoms with E-state index in [2.05, 4.69) is 55.6 Å². The largest absolute Gasteiger partial charge is 0.471 e. The summed E-state index contributed by atoms with van der Waals surface area (Å²) >= 11 is 0. The number of oxime groups is 1. The molecule has 0 aromatic rings. The van der Waals surface area contributed by atoms with Gasteiger partial charge in [0.15, 0.2) is 0 Å². The van der Waals surface area contributed by atoms with E-state index in [1.165, 1.54) is 36.0 Å². The molecule has 0 fully saturated rings. The third-order valence-corrected chi connectivity index (χ3v) is 6.58. The summed E-state index contributed by atoms with van der Waals surface area (Å²) in [6.45, 7) is 11.7. The topological polar surface area (TPSA) is 77.4 Å². The smallest absolute Gasteiger partial charge is 0.396 e. The van der Waals surface area contributed by atoms with Crippen LogP contribution < -0.4 is 0 Å². The molecule has 0 radical (unpaired) electrons. The highest BCUT2D eigenvalue weighted by molar-refractivity contribution is 7.47. The molecule has 0 spiro atoms. The summed E-state index contributed by atoms with van der Waals surface area (Å²) in [6, 6.07) is 0. The zero-order valence-corrected chi connectivity index (χ0v) is 22.1. The summed E-state index contributed by atoms with van der Waals surface area (Å²) in [5.74, 6) is 0. The molecule has 186 valence electrons. The third kappa shape index (κ3) is 12.9. The van der Waals surface area contributed by atoms with E-state index in [0.717, 1.165) is 25.5 Å². The van der Waals surface area contributed by atoms with Crippen molar-refractivity contribution in [3.05, 3.63) is 58.7 Å². The first-order valence-electron chi connectivity index (χ1n) is 11.7. The number of hydrogen-bond acceptors (Lipinski definition) is 5. The Morgan fingerprint density at radius 1 is 1.12 bits per heavy atom. The van der Waals surface area contributed by atoms with E-state index in [0.29, 0.717) is 13.0 Å². The monoisotopic (exact) mass is 479 g/mol. The standard InChI is InChI=1S/C26H42NO5P/c1-22(15-16-25-24(3)14-11-18-26(25,4)5)12-10-13-23(2)17-19-27-31-20-8-7-9-21-32-33(28,29)30-6/h10,12-13,15-17,19H,7-9,11,14,18,20-21H2,1-6H3,(H,28,29). The minimum atomic E-state index is -3.86. The van der Waals surface area contributed by atoms with Crippen LogP contribution in [-0.2, 0) is 18.5 Å². The fraction of sp³-hybridized carbons (Fsp3) is 0.577. The highest BCUT2D eigenvalue weighted by atomic mass is 31.2. The van der Waals surface area contributed by atoms with Gasteiger partial charge in [0.25, 0.3) is 0 Å². The van der Waals surface area contributed by atoms with E-state index in [4.69, 9.17) is 14.3 Å². The predicted molar refractivity (Wildman–Crippen MR) is 137 cm³/mol. The van der Waals surface area contributed by atoms with Crippen molar-refractivity contribution in [2.24, 2.45) is 10.6 Å². The molecular formula is C26H42NO5P. The Kier molecular flexibility index (Phi) is 13.5. The zero-order chi connectivity index (χ0) is 24.7. The number of hydrogen-bond donors (Lipinski definition) is 1. The van der Waals surface area contributed by atoms with Gasteiger partial charge in [-0.1, -0.05) is 60.5 Å². The highest BCUT2D eigenvalue weighted by Gasteiger charge is 2.26. The van der Waals surface area contributed by atoms with E-state index in [9.17, 15) is 4.57 Å². The molecular weight excluding hydrogens is 437 g/mol. The summed E-state index contributed by atoms with van der Waals surface area (Å²) in [6.07, 6.45) is 20.2. The predicted octanol–water partition coefficient (Wildman–Crippen LogP) is 7.45. The molecule has 0 amide bonds. The molecule has 1 rings (SSSR count). The van der Waals surface area contributed by atoms with Crippen molar-refractivity contribution in [2.75, 3.05) is 20.3 Å². The van der Waals surface area contributed by atoms with Gasteiger partial charge in [0, 0.05) is 7.11 Å². The van der Waals surface area contributed by atoms with Gasteiger partial charge in [-0.05, 0) is 81.9 Å². The van der Waals surface area contributed by atoms with Gasteiger partial charge in [0.1, 0.15) is 6.61 Å². The van der Waals surface area contributed by atoms with Gasteiger partial charge in [0.2, 0.25) is 0 Å². The molecule has 1 aliphatic carbocycles. The van der Waals surface area contributed by atoms with Crippen molar-refractivity contribution in [1.82, 2.24) is 0 Å². The zero-order valence-electron chi connectivity index (χ0n) is 21.2. The molecule has 1 N–H and O–H groups in total. The summed E-state index contributed by atoms with van der Waals surface area (Å²) in [5.41, 5.74) is 5.55. The number of phosphoric acid groups is 1. The number of allylic oxidation sites excluding steroid dienone is 10. The molecule has 1 unspecified atom stereocenters. The van der Waals surface area contributed by atoms with E-state index in [-0.39, 0.29) is 12.0 Å². The SMILES string of the molecule is COP(=O)(O)OCCCCCON=CC=C(C)C=CC=C(C)C=CC1=C(C)CCCC1(C)C. The third-order valence-electron chi connectivity index (χ3n) is 5.61. The van der Waals surface area contributed by atoms with Gasteiger partial charge >= 0.3 is 7.82 Å². The van der Waals surface area contributed by atoms with Crippen molar-refractivity contribution in [1.29, 1.82) is 0 Å². The van der Waals surface area contributed by atoms with Crippen molar-refractivity contribution in [3.8, 4) is 0 Å². The number of unbranched alkanes of at least 4 members (excludes halogenated alkanes) is 2. The van der Waals surface area contributed by atoms with Crippen molar-refractivity contribution in [3.63, 3.8) is 0 Å². The van der Waals surface area contributed by atoms with E-state index in [1.807, 2.05) is 25.2 Å². The van der Waals surface area contributed by atoms with Crippen LogP contribution in [0.15, 0.2) is 63.9 Å². The maximum absolute atomic E-state index is 11.1. The number of nitrogens with zero attached hydrogens (tertiary/aromatic N) is 1. The molecule has 0 saturated heterocycles. The summed E-state index contributed by atoms with van der Waals surface area (Å²) in [5, 5.41) is 3.92. The lowest BCUT2D eigenvalue weighted by molar-refractivity contribution is 0.137. The molecule has 0 aliphatic heterocycles. The van der Waals surface area contributed by atoms with E-state index in [1.54, 1.807) is 6.21 Å². The summed E-state index contributed by atoms with van der Waals surface area (Å²) < 4.78 is 20.2. The Morgan fingerprint density at radius 3 is 2.52 bits per heavy atom. The molecule has 1 aliphatic rings. The quantitative estimate of drug-likeness (QED) is 0.0920. The first kappa shape index (κ1) is 29.3. The van der Waals surface area contributed by atoms with Crippen LogP contribution in [-0.4, -0.2) is 31.4 Å². The van der Waals surface area contributed by atoms with Gasteiger partial charge < -0.3 is 9.73 Å². The normalized spacial score (nSPS) is 19.7. The van der Waals surface area contributed by atoms with Crippen molar-refractivity contribution >= 4 is 14.0 Å². The maximum atomic E-state index is 11.1. The van der Waals surface area contributed by atoms with Gasteiger partial charge in [-0.3, -0.25) is 9.05 Å². The second-order valence-corrected chi connectivity index (χ2v) is 10.6. The average molecular weight is 480 g/mol. The molecule has 0 heterocycles.